The molecule has 26 heteroatoms. The Morgan fingerprint density at radius 3 is 1.38 bits per heavy atom. The van der Waals surface area contributed by atoms with Crippen LogP contribution in [0.3, 0.4) is 0 Å². The number of carbonyl (C=O) groups excluding carboxylic acids is 2. The van der Waals surface area contributed by atoms with Crippen molar-refractivity contribution in [2.45, 2.75) is 190 Å². The van der Waals surface area contributed by atoms with Crippen LogP contribution in [0.1, 0.15) is 127 Å². The molecule has 1 aliphatic heterocycles. The fourth-order valence-electron chi connectivity index (χ4n) is 11.8. The molecule has 9 N–H and O–H groups in total. The van der Waals surface area contributed by atoms with Crippen molar-refractivity contribution in [1.29, 1.82) is 0 Å². The number of aliphatic carboxylic acids is 1. The molecule has 1 heterocycles. The third-order valence-corrected chi connectivity index (χ3v) is 16.8. The minimum atomic E-state index is -4.49. The summed E-state index contributed by atoms with van der Waals surface area (Å²) in [5.74, 6) is -3.12. The first kappa shape index (κ1) is 81.6. The molecule has 544 valence electrons. The van der Waals surface area contributed by atoms with E-state index in [-0.39, 0.29) is 104 Å². The molecule has 3 aromatic carbocycles. The number of ether oxygens (including phenoxy) is 5. The van der Waals surface area contributed by atoms with Gasteiger partial charge in [0.1, 0.15) is 61.5 Å². The quantitative estimate of drug-likeness (QED) is 0.0141. The van der Waals surface area contributed by atoms with Gasteiger partial charge in [-0.3, -0.25) is 14.4 Å². The normalized spacial score (nSPS) is 25.9. The molecule has 0 bridgehead atoms. The number of aliphatic hydroxyl groups is 8. The molecular weight excluding hydrogens is 1310 g/mol. The minimum Gasteiger partial charge on any atom is -0.491 e. The van der Waals surface area contributed by atoms with Crippen LogP contribution in [-0.2, 0) is 42.4 Å². The second-order valence-electron chi connectivity index (χ2n) is 24.9. The molecule has 0 spiro atoms. The van der Waals surface area contributed by atoms with Crippen molar-refractivity contribution in [3.05, 3.63) is 162 Å². The van der Waals surface area contributed by atoms with Crippen molar-refractivity contribution in [2.24, 2.45) is 35.5 Å². The predicted octanol–water partition coefficient (Wildman–Crippen LogP) is 12.0. The molecule has 15 atom stereocenters. The van der Waals surface area contributed by atoms with Gasteiger partial charge in [0, 0.05) is 62.2 Å². The number of alkyl halides is 9. The van der Waals surface area contributed by atoms with Crippen molar-refractivity contribution < 1.29 is 124 Å². The van der Waals surface area contributed by atoms with Gasteiger partial charge in [-0.2, -0.15) is 39.5 Å². The highest BCUT2D eigenvalue weighted by molar-refractivity contribution is 5.70. The molecule has 7 rings (SSSR count). The first-order valence-electron chi connectivity index (χ1n) is 32.7. The van der Waals surface area contributed by atoms with Crippen LogP contribution in [0, 0.1) is 35.5 Å². The molecule has 0 radical (unpaired) electrons. The molecule has 0 saturated heterocycles. The molecule has 3 aromatic rings. The van der Waals surface area contributed by atoms with Crippen LogP contribution < -0.4 is 14.2 Å². The van der Waals surface area contributed by atoms with Crippen LogP contribution in [0.5, 0.6) is 17.2 Å². The van der Waals surface area contributed by atoms with E-state index < -0.39 is 102 Å². The summed E-state index contributed by atoms with van der Waals surface area (Å²) in [4.78, 5) is 34.0. The van der Waals surface area contributed by atoms with E-state index in [0.29, 0.717) is 64.2 Å². The number of hydrogen-bond donors (Lipinski definition) is 9. The van der Waals surface area contributed by atoms with E-state index >= 15 is 0 Å². The average Bonchev–Trinajstić information content (AvgIpc) is 1.64. The molecule has 3 fully saturated rings. The van der Waals surface area contributed by atoms with Gasteiger partial charge in [-0.1, -0.05) is 91.1 Å². The Morgan fingerprint density at radius 1 is 0.561 bits per heavy atom. The summed E-state index contributed by atoms with van der Waals surface area (Å²) in [7, 11) is 0. The molecule has 0 aromatic heterocycles. The molecule has 17 nitrogen and oxygen atoms in total. The van der Waals surface area contributed by atoms with E-state index in [2.05, 4.69) is 0 Å². The van der Waals surface area contributed by atoms with Crippen molar-refractivity contribution in [3.8, 4) is 17.2 Å². The zero-order valence-electron chi connectivity index (χ0n) is 54.5. The number of fused-ring (bicyclic) bond motifs is 1. The first-order chi connectivity index (χ1) is 46.3. The maximum Gasteiger partial charge on any atom is 0.416 e. The average molecular weight is 1400 g/mol. The SMILES string of the molecule is CC(C)OC(=O)CCC/C=C\C[C@@H]1[C@@H](/C=C/[C@@H](O)COc2cccc(C(F)(F)F)c2)[C@H](O)C[C@@H]1O.O=C(O)CCC/C=C\C[C@@H]1[C@@H](/C=C/[C@@H](O)COc2cccc(C(F)(F)F)c2)[C@H](O)C[C@@H]1O.O=C1CCC/C=C\C[C@@H]2[C@@H](/C=C/[C@@H](O)COc3cccc(C(F)(F)F)c3)[C@H](O)C[C@@H]2O1. The summed E-state index contributed by atoms with van der Waals surface area (Å²) >= 11 is 0. The highest BCUT2D eigenvalue weighted by atomic mass is 19.4. The Morgan fingerprint density at radius 2 is 0.969 bits per heavy atom. The first-order valence-corrected chi connectivity index (χ1v) is 32.7. The fraction of sp³-hybridized carbons (Fsp3) is 0.542. The maximum absolute atomic E-state index is 12.8. The third-order valence-electron chi connectivity index (χ3n) is 16.8. The standard InChI is InChI=1S/C26H35F3O6.C23H29F3O6.C23H27F3O5/c1-17(2)35-25(33)11-6-4-3-5-10-21-22(24(32)15-23(21)31)13-12-19(30)16-34-20-9-7-8-18(14-20)26(27,28)29;24-23(25,26)15-6-5-7-17(12-15)32-14-16(27)10-11-19-18(20(28)13-21(19)29)8-3-1-2-4-9-22(30)31;24-23(25,26)15-6-5-7-17(12-15)30-14-16(27)10-11-18-19-8-3-1-2-4-9-22(29)31-21(19)13-20(18)28/h3,5,7-9,12-14,17,19,21-24,30-32H,4,6,10-11,15-16H2,1-2H3;1,3,5-7,10-12,16,18-21,27-29H,2,4,8-9,13-14H2,(H,30,31);1,3,5-7,10-12,16,18-21,27-28H,2,4,8-9,13-14H2/b5-3-,13-12+;2*3-1-,11-10+/t19-,21-,22-,23+,24-;16-,18-,19-,20+,21-;16-,18-,19-,20-,21+/m111/s1. The van der Waals surface area contributed by atoms with Crippen molar-refractivity contribution >= 4 is 17.9 Å². The monoisotopic (exact) mass is 1400 g/mol. The van der Waals surface area contributed by atoms with Gasteiger partial charge >= 0.3 is 36.4 Å². The maximum atomic E-state index is 12.8. The topological polar surface area (TPSA) is 279 Å². The smallest absolute Gasteiger partial charge is 0.416 e. The van der Waals surface area contributed by atoms with E-state index in [1.165, 1.54) is 54.6 Å². The lowest BCUT2D eigenvalue weighted by Crippen LogP contribution is -2.25. The number of rotatable bonds is 28. The number of allylic oxidation sites excluding steroid dienone is 6. The minimum absolute atomic E-state index is 0.00706. The summed E-state index contributed by atoms with van der Waals surface area (Å²) in [6.07, 6.45) is 6.96. The lowest BCUT2D eigenvalue weighted by atomic mass is 9.89. The van der Waals surface area contributed by atoms with Gasteiger partial charge in [-0.15, -0.1) is 0 Å². The Hall–Kier alpha value is -7.04. The van der Waals surface area contributed by atoms with Crippen LogP contribution >= 0.6 is 0 Å². The summed E-state index contributed by atoms with van der Waals surface area (Å²) in [6, 6.07) is 13.2. The van der Waals surface area contributed by atoms with E-state index in [1.54, 1.807) is 32.1 Å². The molecule has 0 amide bonds. The molecule has 3 saturated carbocycles. The van der Waals surface area contributed by atoms with Crippen LogP contribution in [0.4, 0.5) is 39.5 Å². The Kier molecular flexibility index (Phi) is 33.5. The Balaban J connectivity index is 0.000000266. The van der Waals surface area contributed by atoms with E-state index in [1.807, 2.05) is 36.5 Å². The number of carboxylic acids is 1. The highest BCUT2D eigenvalue weighted by Gasteiger charge is 2.44. The van der Waals surface area contributed by atoms with Gasteiger partial charge in [0.2, 0.25) is 0 Å². The van der Waals surface area contributed by atoms with Gasteiger partial charge in [0.05, 0.1) is 53.3 Å². The summed E-state index contributed by atoms with van der Waals surface area (Å²) in [5.41, 5.74) is -2.51. The highest BCUT2D eigenvalue weighted by Crippen LogP contribution is 2.41. The number of benzene rings is 3. The van der Waals surface area contributed by atoms with Crippen LogP contribution in [0.25, 0.3) is 0 Å². The fourth-order valence-corrected chi connectivity index (χ4v) is 11.8. The lowest BCUT2D eigenvalue weighted by Gasteiger charge is -2.23. The van der Waals surface area contributed by atoms with Gasteiger partial charge in [0.25, 0.3) is 0 Å². The molecule has 3 aliphatic carbocycles. The summed E-state index contributed by atoms with van der Waals surface area (Å²) in [5, 5.41) is 90.7. The molecule has 98 heavy (non-hydrogen) atoms. The van der Waals surface area contributed by atoms with E-state index in [9.17, 15) is 94.7 Å². The second kappa shape index (κ2) is 40.3. The molecule has 4 aliphatic rings. The number of carbonyl (C=O) groups is 3. The Labute approximate surface area is 564 Å². The largest absolute Gasteiger partial charge is 0.491 e. The van der Waals surface area contributed by atoms with Gasteiger partial charge < -0.3 is 69.6 Å². The second-order valence-corrected chi connectivity index (χ2v) is 24.9. The van der Waals surface area contributed by atoms with Crippen LogP contribution in [-0.4, -0.2) is 145 Å². The van der Waals surface area contributed by atoms with Gasteiger partial charge in [-0.25, -0.2) is 0 Å². The zero-order chi connectivity index (χ0) is 72.2. The van der Waals surface area contributed by atoms with Crippen molar-refractivity contribution in [2.75, 3.05) is 19.8 Å². The number of hydrogen-bond acceptors (Lipinski definition) is 16. The third kappa shape index (κ3) is 29.0. The Bertz CT molecular complexity index is 3090. The molecular formula is C72H91F9O17. The van der Waals surface area contributed by atoms with Gasteiger partial charge in [-0.05, 0) is 138 Å². The number of carboxylic acid groups (broad SMARTS) is 1. The van der Waals surface area contributed by atoms with Crippen LogP contribution in [0.15, 0.2) is 146 Å². The van der Waals surface area contributed by atoms with Crippen LogP contribution in [0.2, 0.25) is 0 Å². The van der Waals surface area contributed by atoms with Crippen molar-refractivity contribution in [3.63, 3.8) is 0 Å². The lowest BCUT2D eigenvalue weighted by molar-refractivity contribution is -0.151. The predicted molar refractivity (Wildman–Crippen MR) is 343 cm³/mol. The van der Waals surface area contributed by atoms with Crippen molar-refractivity contribution in [1.82, 2.24) is 0 Å². The number of halogens is 9. The molecule has 0 unspecified atom stereocenters. The zero-order valence-corrected chi connectivity index (χ0v) is 54.5. The summed E-state index contributed by atoms with van der Waals surface area (Å²) in [6.45, 7) is 2.84. The summed E-state index contributed by atoms with van der Waals surface area (Å²) < 4.78 is 141. The number of esters is 2. The van der Waals surface area contributed by atoms with E-state index in [0.717, 1.165) is 49.2 Å². The van der Waals surface area contributed by atoms with Gasteiger partial charge in [0.15, 0.2) is 0 Å². The van der Waals surface area contributed by atoms with E-state index in [4.69, 9.17) is 28.8 Å². The number of aliphatic hydroxyl groups excluding tert-OH is 8. The number of unbranched alkanes of at least 4 members (excludes halogenated alkanes) is 2.